The average molecular weight is 587 g/mol. The summed E-state index contributed by atoms with van der Waals surface area (Å²) < 4.78 is 16.5. The molecule has 11 heteroatoms. The molecule has 0 spiro atoms. The fourth-order valence-electron chi connectivity index (χ4n) is 4.14. The number of halogens is 2. The molecule has 0 bridgehead atoms. The second-order valence-corrected chi connectivity index (χ2v) is 9.98. The predicted molar refractivity (Wildman–Crippen MR) is 148 cm³/mol. The second kappa shape index (κ2) is 13.6. The fourth-order valence-corrected chi connectivity index (χ4v) is 4.65. The number of carboxylic acid groups (broad SMARTS) is 1. The Morgan fingerprint density at radius 3 is 2.10 bits per heavy atom. The molecule has 9 nitrogen and oxygen atoms in total. The predicted octanol–water partition coefficient (Wildman–Crippen LogP) is 4.30. The molecule has 4 atom stereocenters. The summed E-state index contributed by atoms with van der Waals surface area (Å²) in [5, 5.41) is 16.0. The van der Waals surface area contributed by atoms with Gasteiger partial charge in [-0.05, 0) is 42.3 Å². The van der Waals surface area contributed by atoms with Crippen molar-refractivity contribution in [2.24, 2.45) is 0 Å². The zero-order valence-corrected chi connectivity index (χ0v) is 23.0. The van der Waals surface area contributed by atoms with Crippen LogP contribution in [-0.4, -0.2) is 47.9 Å². The maximum absolute atomic E-state index is 12.9. The molecule has 1 fully saturated rings. The third-order valence-corrected chi connectivity index (χ3v) is 7.08. The van der Waals surface area contributed by atoms with Crippen molar-refractivity contribution in [1.29, 1.82) is 0 Å². The molecule has 0 saturated carbocycles. The van der Waals surface area contributed by atoms with E-state index in [0.29, 0.717) is 26.9 Å². The molecule has 0 aliphatic carbocycles. The van der Waals surface area contributed by atoms with E-state index in [2.05, 4.69) is 10.6 Å². The molecule has 1 saturated heterocycles. The monoisotopic (exact) mass is 586 g/mol. The van der Waals surface area contributed by atoms with Crippen LogP contribution in [-0.2, 0) is 36.9 Å². The van der Waals surface area contributed by atoms with Crippen LogP contribution in [0.15, 0.2) is 72.8 Å². The zero-order chi connectivity index (χ0) is 28.6. The highest BCUT2D eigenvalue weighted by Gasteiger charge is 2.42. The number of carbonyl (C=O) groups is 3. The fraction of sp³-hybridized carbons (Fsp3) is 0.276. The third kappa shape index (κ3) is 7.51. The number of benzene rings is 3. The molecular weight excluding hydrogens is 559 g/mol. The molecule has 40 heavy (non-hydrogen) atoms. The van der Waals surface area contributed by atoms with Crippen molar-refractivity contribution in [1.82, 2.24) is 10.6 Å². The first-order valence-corrected chi connectivity index (χ1v) is 13.2. The van der Waals surface area contributed by atoms with Gasteiger partial charge >= 0.3 is 5.97 Å². The van der Waals surface area contributed by atoms with Crippen LogP contribution < -0.4 is 15.4 Å². The number of carbonyl (C=O) groups excluding carboxylic acids is 2. The molecule has 3 N–H and O–H groups in total. The maximum atomic E-state index is 12.9. The quantitative estimate of drug-likeness (QED) is 0.306. The van der Waals surface area contributed by atoms with Gasteiger partial charge in [0.1, 0.15) is 25.2 Å². The Labute approximate surface area is 241 Å². The van der Waals surface area contributed by atoms with E-state index in [1.165, 1.54) is 0 Å². The van der Waals surface area contributed by atoms with Crippen LogP contribution in [0, 0.1) is 0 Å². The molecule has 210 valence electrons. The number of hydrogen-bond acceptors (Lipinski definition) is 6. The molecule has 3 aromatic carbocycles. The molecule has 1 aliphatic heterocycles. The van der Waals surface area contributed by atoms with E-state index in [1.807, 2.05) is 30.3 Å². The zero-order valence-electron chi connectivity index (χ0n) is 21.5. The van der Waals surface area contributed by atoms with Crippen LogP contribution in [0.25, 0.3) is 0 Å². The standard InChI is InChI=1S/C29H28Cl2N2O7/c1-17(19-6-3-2-4-7-19)32-27(34)25-26(40-16-39-25)28(35)33-24(29(36)37)14-18-10-12-20(13-11-18)38-15-21-22(30)8-5-9-23(21)31/h2-13,17,24-26H,14-16H2,1H3,(H,32,34)(H,33,35)(H,36,37)/t17-,24-,25+,26+/m0/s1. The minimum atomic E-state index is -1.29. The van der Waals surface area contributed by atoms with Crippen molar-refractivity contribution in [2.45, 2.75) is 44.2 Å². The summed E-state index contributed by atoms with van der Waals surface area (Å²) in [5.41, 5.74) is 2.18. The van der Waals surface area contributed by atoms with Gasteiger partial charge in [0.05, 0.1) is 6.04 Å². The normalized spacial score (nSPS) is 18.0. The molecule has 1 heterocycles. The number of amides is 2. The van der Waals surface area contributed by atoms with Gasteiger partial charge in [0.25, 0.3) is 11.8 Å². The van der Waals surface area contributed by atoms with Gasteiger partial charge in [-0.2, -0.15) is 0 Å². The van der Waals surface area contributed by atoms with E-state index < -0.39 is 36.0 Å². The summed E-state index contributed by atoms with van der Waals surface area (Å²) in [4.78, 5) is 37.7. The van der Waals surface area contributed by atoms with E-state index in [9.17, 15) is 19.5 Å². The van der Waals surface area contributed by atoms with Gasteiger partial charge in [0.2, 0.25) is 0 Å². The van der Waals surface area contributed by atoms with Crippen molar-refractivity contribution >= 4 is 41.0 Å². The average Bonchev–Trinajstić information content (AvgIpc) is 3.44. The smallest absolute Gasteiger partial charge is 0.326 e. The van der Waals surface area contributed by atoms with Crippen molar-refractivity contribution in [3.05, 3.63) is 99.5 Å². The van der Waals surface area contributed by atoms with Crippen molar-refractivity contribution in [2.75, 3.05) is 6.79 Å². The van der Waals surface area contributed by atoms with Crippen LogP contribution in [0.4, 0.5) is 0 Å². The van der Waals surface area contributed by atoms with Crippen molar-refractivity contribution < 1.29 is 33.7 Å². The van der Waals surface area contributed by atoms with Crippen LogP contribution in [0.3, 0.4) is 0 Å². The lowest BCUT2D eigenvalue weighted by molar-refractivity contribution is -0.144. The van der Waals surface area contributed by atoms with Gasteiger partial charge in [-0.25, -0.2) is 4.79 Å². The third-order valence-electron chi connectivity index (χ3n) is 6.37. The Hall–Kier alpha value is -3.63. The van der Waals surface area contributed by atoms with Gasteiger partial charge in [0, 0.05) is 22.0 Å². The van der Waals surface area contributed by atoms with E-state index in [4.69, 9.17) is 37.4 Å². The van der Waals surface area contributed by atoms with Crippen molar-refractivity contribution in [3.8, 4) is 5.75 Å². The van der Waals surface area contributed by atoms with Gasteiger partial charge in [0.15, 0.2) is 12.2 Å². The number of carboxylic acids is 1. The van der Waals surface area contributed by atoms with E-state index in [0.717, 1.165) is 5.56 Å². The molecule has 0 radical (unpaired) electrons. The summed E-state index contributed by atoms with van der Waals surface area (Å²) in [6.07, 6.45) is -2.52. The largest absolute Gasteiger partial charge is 0.489 e. The lowest BCUT2D eigenvalue weighted by Gasteiger charge is -2.21. The SMILES string of the molecule is C[C@H](NC(=O)[C@@H]1OCO[C@H]1C(=O)N[C@@H](Cc1ccc(OCc2c(Cl)cccc2Cl)cc1)C(=O)O)c1ccccc1. The Bertz CT molecular complexity index is 1320. The minimum Gasteiger partial charge on any atom is -0.489 e. The van der Waals surface area contributed by atoms with E-state index in [-0.39, 0.29) is 25.9 Å². The van der Waals surface area contributed by atoms with Gasteiger partial charge in [-0.3, -0.25) is 9.59 Å². The highest BCUT2D eigenvalue weighted by Crippen LogP contribution is 2.26. The molecular formula is C29H28Cl2N2O7. The molecule has 0 aromatic heterocycles. The van der Waals surface area contributed by atoms with E-state index >= 15 is 0 Å². The summed E-state index contributed by atoms with van der Waals surface area (Å²) in [6.45, 7) is 1.70. The summed E-state index contributed by atoms with van der Waals surface area (Å²) in [6, 6.07) is 19.7. The maximum Gasteiger partial charge on any atom is 0.326 e. The first-order chi connectivity index (χ1) is 19.2. The highest BCUT2D eigenvalue weighted by molar-refractivity contribution is 6.35. The van der Waals surface area contributed by atoms with Gasteiger partial charge in [-0.15, -0.1) is 0 Å². The molecule has 2 amide bonds. The first kappa shape index (κ1) is 29.4. The molecule has 3 aromatic rings. The summed E-state index contributed by atoms with van der Waals surface area (Å²) in [7, 11) is 0. The summed E-state index contributed by atoms with van der Waals surface area (Å²) >= 11 is 12.4. The van der Waals surface area contributed by atoms with Crippen LogP contribution >= 0.6 is 23.2 Å². The Morgan fingerprint density at radius 2 is 1.50 bits per heavy atom. The Morgan fingerprint density at radius 1 is 0.900 bits per heavy atom. The number of aliphatic carboxylic acids is 1. The lowest BCUT2D eigenvalue weighted by atomic mass is 10.0. The Kier molecular flexibility index (Phi) is 10.0. The number of hydrogen-bond donors (Lipinski definition) is 3. The van der Waals surface area contributed by atoms with Crippen molar-refractivity contribution in [3.63, 3.8) is 0 Å². The second-order valence-electron chi connectivity index (χ2n) is 9.17. The van der Waals surface area contributed by atoms with Crippen LogP contribution in [0.1, 0.15) is 29.7 Å². The lowest BCUT2D eigenvalue weighted by Crippen LogP contribution is -2.52. The molecule has 4 rings (SSSR count). The Balaban J connectivity index is 1.33. The summed E-state index contributed by atoms with van der Waals surface area (Å²) in [5.74, 6) is -1.99. The molecule has 1 aliphatic rings. The van der Waals surface area contributed by atoms with Crippen LogP contribution in [0.5, 0.6) is 5.75 Å². The van der Waals surface area contributed by atoms with Gasteiger partial charge in [-0.1, -0.05) is 71.7 Å². The van der Waals surface area contributed by atoms with Gasteiger partial charge < -0.3 is 30.0 Å². The van der Waals surface area contributed by atoms with E-state index in [1.54, 1.807) is 49.4 Å². The highest BCUT2D eigenvalue weighted by atomic mass is 35.5. The number of nitrogens with one attached hydrogen (secondary N) is 2. The molecule has 0 unspecified atom stereocenters. The minimum absolute atomic E-state index is 0.00677. The number of ether oxygens (including phenoxy) is 3. The topological polar surface area (TPSA) is 123 Å². The first-order valence-electron chi connectivity index (χ1n) is 12.5. The van der Waals surface area contributed by atoms with Crippen LogP contribution in [0.2, 0.25) is 10.0 Å². The number of rotatable bonds is 11.